The molecule has 4 rings (SSSR count). The third kappa shape index (κ3) is 5.86. The van der Waals surface area contributed by atoms with Crippen molar-refractivity contribution in [3.05, 3.63) is 66.7 Å². The van der Waals surface area contributed by atoms with Gasteiger partial charge in [-0.25, -0.2) is 13.4 Å². The average molecular weight is 493 g/mol. The molecule has 0 fully saturated rings. The number of aromatic nitrogens is 3. The molecule has 0 bridgehead atoms. The van der Waals surface area contributed by atoms with Gasteiger partial charge in [0, 0.05) is 25.1 Å². The van der Waals surface area contributed by atoms with Gasteiger partial charge in [-0.15, -0.1) is 10.2 Å². The molecule has 0 radical (unpaired) electrons. The predicted molar refractivity (Wildman–Crippen MR) is 129 cm³/mol. The number of carbonyl (C=O) groups excluding carboxylic acids is 2. The second kappa shape index (κ2) is 9.73. The van der Waals surface area contributed by atoms with Crippen LogP contribution in [0.2, 0.25) is 0 Å². The summed E-state index contributed by atoms with van der Waals surface area (Å²) in [6.07, 6.45) is 0. The standard InChI is InChI=1S/C23H20N6O5S/c1-14(30)24-17-5-3-6-18(13-17)29-35(32,33)19-11-9-16(10-12-19)22-27-28-23(34-22)20-7-4-8-21(26-20)25-15(2)31/h3-13,29H,1-2H3,(H,24,30)(H,25,26,31). The molecule has 12 heteroatoms. The molecule has 4 aromatic rings. The zero-order chi connectivity index (χ0) is 25.0. The van der Waals surface area contributed by atoms with Crippen LogP contribution in [0.3, 0.4) is 0 Å². The number of sulfonamides is 1. The van der Waals surface area contributed by atoms with E-state index < -0.39 is 10.0 Å². The number of pyridine rings is 1. The molecular weight excluding hydrogens is 472 g/mol. The van der Waals surface area contributed by atoms with E-state index in [1.54, 1.807) is 48.5 Å². The SMILES string of the molecule is CC(=O)Nc1cccc(NS(=O)(=O)c2ccc(-c3nnc(-c4cccc(NC(C)=O)n4)o3)cc2)c1. The summed E-state index contributed by atoms with van der Waals surface area (Å²) in [4.78, 5) is 26.8. The van der Waals surface area contributed by atoms with Crippen molar-refractivity contribution in [3.8, 4) is 23.0 Å². The number of amides is 2. The number of rotatable bonds is 7. The van der Waals surface area contributed by atoms with Crippen LogP contribution in [0.15, 0.2) is 76.0 Å². The van der Waals surface area contributed by atoms with Crippen molar-refractivity contribution < 1.29 is 22.4 Å². The number of nitrogens with zero attached hydrogens (tertiary/aromatic N) is 3. The van der Waals surface area contributed by atoms with Crippen LogP contribution in [-0.4, -0.2) is 35.4 Å². The normalized spacial score (nSPS) is 11.0. The predicted octanol–water partition coefficient (Wildman–Crippen LogP) is 3.52. The third-order valence-corrected chi connectivity index (χ3v) is 5.94. The van der Waals surface area contributed by atoms with Crippen molar-refractivity contribution in [2.24, 2.45) is 0 Å². The van der Waals surface area contributed by atoms with E-state index in [9.17, 15) is 18.0 Å². The van der Waals surface area contributed by atoms with Gasteiger partial charge in [-0.05, 0) is 54.6 Å². The quantitative estimate of drug-likeness (QED) is 0.354. The lowest BCUT2D eigenvalue weighted by Gasteiger charge is -2.10. The van der Waals surface area contributed by atoms with E-state index in [0.717, 1.165) is 0 Å². The Morgan fingerprint density at radius 1 is 0.800 bits per heavy atom. The maximum absolute atomic E-state index is 12.8. The van der Waals surface area contributed by atoms with Crippen LogP contribution < -0.4 is 15.4 Å². The van der Waals surface area contributed by atoms with Crippen LogP contribution in [0.4, 0.5) is 17.2 Å². The van der Waals surface area contributed by atoms with Crippen molar-refractivity contribution in [1.82, 2.24) is 15.2 Å². The van der Waals surface area contributed by atoms with Gasteiger partial charge in [-0.2, -0.15) is 0 Å². The molecule has 0 unspecified atom stereocenters. The van der Waals surface area contributed by atoms with Crippen molar-refractivity contribution in [2.75, 3.05) is 15.4 Å². The number of anilines is 3. The Balaban J connectivity index is 1.51. The van der Waals surface area contributed by atoms with E-state index in [4.69, 9.17) is 4.42 Å². The summed E-state index contributed by atoms with van der Waals surface area (Å²) in [6, 6.07) is 17.3. The first-order valence-electron chi connectivity index (χ1n) is 10.3. The van der Waals surface area contributed by atoms with E-state index in [2.05, 4.69) is 30.5 Å². The Labute approximate surface area is 200 Å². The van der Waals surface area contributed by atoms with E-state index in [1.807, 2.05) is 0 Å². The van der Waals surface area contributed by atoms with Gasteiger partial charge in [0.25, 0.3) is 15.9 Å². The van der Waals surface area contributed by atoms with Gasteiger partial charge in [-0.3, -0.25) is 14.3 Å². The lowest BCUT2D eigenvalue weighted by Crippen LogP contribution is -2.13. The molecule has 0 saturated carbocycles. The first-order chi connectivity index (χ1) is 16.7. The van der Waals surface area contributed by atoms with Crippen molar-refractivity contribution >= 4 is 39.0 Å². The molecule has 178 valence electrons. The van der Waals surface area contributed by atoms with Crippen molar-refractivity contribution in [1.29, 1.82) is 0 Å². The molecule has 3 N–H and O–H groups in total. The molecule has 0 aliphatic heterocycles. The van der Waals surface area contributed by atoms with Gasteiger partial charge in [0.1, 0.15) is 11.5 Å². The number of nitrogens with one attached hydrogen (secondary N) is 3. The Kier molecular flexibility index (Phi) is 6.55. The van der Waals surface area contributed by atoms with Crippen LogP contribution in [0.25, 0.3) is 23.0 Å². The summed E-state index contributed by atoms with van der Waals surface area (Å²) in [5.41, 5.74) is 1.65. The van der Waals surface area contributed by atoms with E-state index in [-0.39, 0.29) is 28.5 Å². The second-order valence-corrected chi connectivity index (χ2v) is 9.08. The van der Waals surface area contributed by atoms with Gasteiger partial charge in [0.05, 0.1) is 10.6 Å². The van der Waals surface area contributed by atoms with E-state index in [0.29, 0.717) is 28.5 Å². The molecule has 0 aliphatic rings. The third-order valence-electron chi connectivity index (χ3n) is 4.54. The summed E-state index contributed by atoms with van der Waals surface area (Å²) in [6.45, 7) is 2.74. The molecule has 35 heavy (non-hydrogen) atoms. The van der Waals surface area contributed by atoms with Crippen molar-refractivity contribution in [3.63, 3.8) is 0 Å². The lowest BCUT2D eigenvalue weighted by atomic mass is 10.2. The summed E-state index contributed by atoms with van der Waals surface area (Å²) in [5.74, 6) is 0.141. The van der Waals surface area contributed by atoms with Crippen LogP contribution in [0, 0.1) is 0 Å². The zero-order valence-corrected chi connectivity index (χ0v) is 19.5. The van der Waals surface area contributed by atoms with E-state index in [1.165, 1.54) is 32.0 Å². The first kappa shape index (κ1) is 23.6. The maximum Gasteiger partial charge on any atom is 0.266 e. The smallest absolute Gasteiger partial charge is 0.266 e. The summed E-state index contributed by atoms with van der Waals surface area (Å²) in [7, 11) is -3.88. The largest absolute Gasteiger partial charge is 0.415 e. The molecular formula is C23H20N6O5S. The Bertz CT molecular complexity index is 1500. The molecule has 0 aliphatic carbocycles. The minimum atomic E-state index is -3.88. The lowest BCUT2D eigenvalue weighted by molar-refractivity contribution is -0.115. The van der Waals surface area contributed by atoms with Crippen LogP contribution in [0.5, 0.6) is 0 Å². The monoisotopic (exact) mass is 492 g/mol. The van der Waals surface area contributed by atoms with Gasteiger partial charge < -0.3 is 15.1 Å². The van der Waals surface area contributed by atoms with Gasteiger partial charge in [-0.1, -0.05) is 12.1 Å². The highest BCUT2D eigenvalue weighted by Crippen LogP contribution is 2.26. The minimum Gasteiger partial charge on any atom is -0.415 e. The van der Waals surface area contributed by atoms with Gasteiger partial charge >= 0.3 is 0 Å². The van der Waals surface area contributed by atoms with E-state index >= 15 is 0 Å². The van der Waals surface area contributed by atoms with Gasteiger partial charge in [0.2, 0.25) is 17.7 Å². The fourth-order valence-corrected chi connectivity index (χ4v) is 4.15. The highest BCUT2D eigenvalue weighted by Gasteiger charge is 2.17. The Hall–Kier alpha value is -4.58. The molecule has 2 heterocycles. The van der Waals surface area contributed by atoms with Crippen LogP contribution in [-0.2, 0) is 19.6 Å². The average Bonchev–Trinajstić information content (AvgIpc) is 3.29. The van der Waals surface area contributed by atoms with Crippen LogP contribution >= 0.6 is 0 Å². The molecule has 2 amide bonds. The second-order valence-electron chi connectivity index (χ2n) is 7.39. The molecule has 0 saturated heterocycles. The topological polar surface area (TPSA) is 156 Å². The minimum absolute atomic E-state index is 0.0237. The van der Waals surface area contributed by atoms with Crippen molar-refractivity contribution in [2.45, 2.75) is 18.7 Å². The zero-order valence-electron chi connectivity index (χ0n) is 18.6. The molecule has 2 aromatic heterocycles. The highest BCUT2D eigenvalue weighted by molar-refractivity contribution is 7.92. The number of benzene rings is 2. The van der Waals surface area contributed by atoms with Crippen LogP contribution in [0.1, 0.15) is 13.8 Å². The number of hydrogen-bond donors (Lipinski definition) is 3. The summed E-state index contributed by atoms with van der Waals surface area (Å²) < 4.78 is 33.8. The highest BCUT2D eigenvalue weighted by atomic mass is 32.2. The number of carbonyl (C=O) groups is 2. The summed E-state index contributed by atoms with van der Waals surface area (Å²) in [5, 5.41) is 13.2. The Morgan fingerprint density at radius 3 is 2.17 bits per heavy atom. The summed E-state index contributed by atoms with van der Waals surface area (Å²) >= 11 is 0. The molecule has 11 nitrogen and oxygen atoms in total. The molecule has 0 atom stereocenters. The first-order valence-corrected chi connectivity index (χ1v) is 11.8. The maximum atomic E-state index is 12.8. The van der Waals surface area contributed by atoms with Gasteiger partial charge in [0.15, 0.2) is 0 Å². The Morgan fingerprint density at radius 2 is 1.46 bits per heavy atom. The molecule has 2 aromatic carbocycles. The fraction of sp³-hybridized carbons (Fsp3) is 0.0870. The fourth-order valence-electron chi connectivity index (χ4n) is 3.10. The number of hydrogen-bond acceptors (Lipinski definition) is 8. The molecule has 0 spiro atoms.